The average molecular weight is 383 g/mol. The first-order valence-electron chi connectivity index (χ1n) is 9.65. The molecule has 6 heteroatoms. The predicted molar refractivity (Wildman–Crippen MR) is 109 cm³/mol. The SMILES string of the molecule is CC1CCN(c2ccc(NC(=O)CNC(=O)Cc3cccc(F)c3)cc2)CC1. The van der Waals surface area contributed by atoms with Crippen LogP contribution in [0.2, 0.25) is 0 Å². The molecule has 28 heavy (non-hydrogen) atoms. The number of carbonyl (C=O) groups excluding carboxylic acids is 2. The molecule has 2 N–H and O–H groups in total. The molecule has 0 atom stereocenters. The standard InChI is InChI=1S/C22H26FN3O2/c1-16-9-11-26(12-10-16)20-7-5-19(6-8-20)25-22(28)15-24-21(27)14-17-3-2-4-18(23)13-17/h2-8,13,16H,9-12,14-15H2,1H3,(H,24,27)(H,25,28). The molecule has 0 spiro atoms. The Kier molecular flexibility index (Phi) is 6.63. The predicted octanol–water partition coefficient (Wildman–Crippen LogP) is 3.36. The number of carbonyl (C=O) groups is 2. The zero-order chi connectivity index (χ0) is 19.9. The van der Waals surface area contributed by atoms with Crippen LogP contribution in [-0.2, 0) is 16.0 Å². The van der Waals surface area contributed by atoms with Crippen LogP contribution >= 0.6 is 0 Å². The van der Waals surface area contributed by atoms with Gasteiger partial charge in [-0.2, -0.15) is 0 Å². The lowest BCUT2D eigenvalue weighted by Gasteiger charge is -2.32. The molecule has 0 aliphatic carbocycles. The lowest BCUT2D eigenvalue weighted by atomic mass is 9.99. The van der Waals surface area contributed by atoms with Gasteiger partial charge in [0.05, 0.1) is 13.0 Å². The van der Waals surface area contributed by atoms with E-state index in [0.717, 1.165) is 24.7 Å². The first kappa shape index (κ1) is 19.9. The zero-order valence-corrected chi connectivity index (χ0v) is 16.1. The highest BCUT2D eigenvalue weighted by Gasteiger charge is 2.16. The van der Waals surface area contributed by atoms with Gasteiger partial charge in [0.15, 0.2) is 0 Å². The fourth-order valence-corrected chi connectivity index (χ4v) is 3.30. The van der Waals surface area contributed by atoms with Crippen LogP contribution in [0.5, 0.6) is 0 Å². The molecule has 1 aliphatic rings. The minimum absolute atomic E-state index is 0.0359. The number of piperidine rings is 1. The van der Waals surface area contributed by atoms with E-state index >= 15 is 0 Å². The second-order valence-electron chi connectivity index (χ2n) is 7.35. The van der Waals surface area contributed by atoms with Gasteiger partial charge in [0.2, 0.25) is 11.8 Å². The molecule has 5 nitrogen and oxygen atoms in total. The van der Waals surface area contributed by atoms with E-state index in [1.54, 1.807) is 12.1 Å². The Labute approximate surface area is 164 Å². The summed E-state index contributed by atoms with van der Waals surface area (Å²) in [7, 11) is 0. The third kappa shape index (κ3) is 5.81. The highest BCUT2D eigenvalue weighted by Crippen LogP contribution is 2.24. The van der Waals surface area contributed by atoms with Crippen molar-refractivity contribution in [3.63, 3.8) is 0 Å². The van der Waals surface area contributed by atoms with E-state index in [9.17, 15) is 14.0 Å². The molecule has 0 radical (unpaired) electrons. The van der Waals surface area contributed by atoms with E-state index in [1.165, 1.54) is 25.0 Å². The third-order valence-corrected chi connectivity index (χ3v) is 5.00. The Morgan fingerprint density at radius 2 is 1.79 bits per heavy atom. The van der Waals surface area contributed by atoms with E-state index in [2.05, 4.69) is 22.5 Å². The average Bonchev–Trinajstić information content (AvgIpc) is 2.68. The van der Waals surface area contributed by atoms with Crippen molar-refractivity contribution in [3.8, 4) is 0 Å². The number of rotatable bonds is 6. The summed E-state index contributed by atoms with van der Waals surface area (Å²) in [6.45, 7) is 4.28. The van der Waals surface area contributed by atoms with Crippen LogP contribution in [0.15, 0.2) is 48.5 Å². The summed E-state index contributed by atoms with van der Waals surface area (Å²) in [6.07, 6.45) is 2.44. The molecule has 148 valence electrons. The van der Waals surface area contributed by atoms with Crippen LogP contribution in [0, 0.1) is 11.7 Å². The molecule has 1 fully saturated rings. The first-order chi connectivity index (χ1) is 13.5. The maximum absolute atomic E-state index is 13.1. The molecule has 2 aromatic rings. The highest BCUT2D eigenvalue weighted by molar-refractivity contribution is 5.94. The summed E-state index contributed by atoms with van der Waals surface area (Å²) in [5.41, 5.74) is 2.42. The normalized spacial score (nSPS) is 14.6. The van der Waals surface area contributed by atoms with Crippen molar-refractivity contribution in [1.29, 1.82) is 0 Å². The quantitative estimate of drug-likeness (QED) is 0.804. The molecule has 1 aliphatic heterocycles. The molecule has 3 rings (SSSR count). The van der Waals surface area contributed by atoms with Crippen LogP contribution < -0.4 is 15.5 Å². The smallest absolute Gasteiger partial charge is 0.243 e. The van der Waals surface area contributed by atoms with Crippen LogP contribution in [0.25, 0.3) is 0 Å². The Balaban J connectivity index is 1.43. The number of amides is 2. The fraction of sp³-hybridized carbons (Fsp3) is 0.364. The van der Waals surface area contributed by atoms with E-state index in [1.807, 2.05) is 24.3 Å². The molecule has 2 amide bonds. The van der Waals surface area contributed by atoms with Gasteiger partial charge >= 0.3 is 0 Å². The van der Waals surface area contributed by atoms with Crippen molar-refractivity contribution in [2.45, 2.75) is 26.2 Å². The molecule has 1 heterocycles. The van der Waals surface area contributed by atoms with Crippen LogP contribution in [-0.4, -0.2) is 31.4 Å². The van der Waals surface area contributed by atoms with Gasteiger partial charge in [0.1, 0.15) is 5.82 Å². The zero-order valence-electron chi connectivity index (χ0n) is 16.1. The maximum atomic E-state index is 13.1. The van der Waals surface area contributed by atoms with Gasteiger partial charge in [0, 0.05) is 24.5 Å². The molecular formula is C22H26FN3O2. The summed E-state index contributed by atoms with van der Waals surface area (Å²) in [5.74, 6) is -0.223. The van der Waals surface area contributed by atoms with Gasteiger partial charge in [-0.15, -0.1) is 0 Å². The van der Waals surface area contributed by atoms with Crippen LogP contribution in [0.3, 0.4) is 0 Å². The number of halogens is 1. The highest BCUT2D eigenvalue weighted by atomic mass is 19.1. The molecule has 0 unspecified atom stereocenters. The van der Waals surface area contributed by atoms with Gasteiger partial charge in [0.25, 0.3) is 0 Å². The summed E-state index contributed by atoms with van der Waals surface area (Å²) >= 11 is 0. The molecule has 1 saturated heterocycles. The Bertz CT molecular complexity index is 815. The van der Waals surface area contributed by atoms with Gasteiger partial charge in [-0.3, -0.25) is 9.59 Å². The molecule has 0 bridgehead atoms. The number of nitrogens with one attached hydrogen (secondary N) is 2. The summed E-state index contributed by atoms with van der Waals surface area (Å²) in [4.78, 5) is 26.3. The van der Waals surface area contributed by atoms with Crippen molar-refractivity contribution in [2.75, 3.05) is 29.9 Å². The second kappa shape index (κ2) is 9.35. The lowest BCUT2D eigenvalue weighted by molar-refractivity contribution is -0.123. The number of nitrogens with zero attached hydrogens (tertiary/aromatic N) is 1. The largest absolute Gasteiger partial charge is 0.372 e. The molecule has 2 aromatic carbocycles. The van der Waals surface area contributed by atoms with Crippen molar-refractivity contribution >= 4 is 23.2 Å². The topological polar surface area (TPSA) is 61.4 Å². The summed E-state index contributed by atoms with van der Waals surface area (Å²) < 4.78 is 13.1. The number of hydrogen-bond acceptors (Lipinski definition) is 3. The Hall–Kier alpha value is -2.89. The van der Waals surface area contributed by atoms with Gasteiger partial charge in [-0.05, 0) is 60.7 Å². The minimum atomic E-state index is -0.384. The monoisotopic (exact) mass is 383 g/mol. The summed E-state index contributed by atoms with van der Waals surface area (Å²) in [6, 6.07) is 13.6. The van der Waals surface area contributed by atoms with E-state index < -0.39 is 0 Å². The third-order valence-electron chi connectivity index (χ3n) is 5.00. The second-order valence-corrected chi connectivity index (χ2v) is 7.35. The number of anilines is 2. The van der Waals surface area contributed by atoms with Crippen LogP contribution in [0.1, 0.15) is 25.3 Å². The first-order valence-corrected chi connectivity index (χ1v) is 9.65. The minimum Gasteiger partial charge on any atom is -0.372 e. The van der Waals surface area contributed by atoms with Crippen molar-refractivity contribution in [1.82, 2.24) is 5.32 Å². The fourth-order valence-electron chi connectivity index (χ4n) is 3.30. The van der Waals surface area contributed by atoms with E-state index in [0.29, 0.717) is 11.3 Å². The summed E-state index contributed by atoms with van der Waals surface area (Å²) in [5, 5.41) is 5.33. The molecular weight excluding hydrogens is 357 g/mol. The molecule has 0 aromatic heterocycles. The van der Waals surface area contributed by atoms with Gasteiger partial charge < -0.3 is 15.5 Å². The lowest BCUT2D eigenvalue weighted by Crippen LogP contribution is -2.34. The van der Waals surface area contributed by atoms with Crippen molar-refractivity contribution in [3.05, 3.63) is 59.9 Å². The number of hydrogen-bond donors (Lipinski definition) is 2. The van der Waals surface area contributed by atoms with Crippen LogP contribution in [0.4, 0.5) is 15.8 Å². The van der Waals surface area contributed by atoms with Gasteiger partial charge in [-0.25, -0.2) is 4.39 Å². The van der Waals surface area contributed by atoms with Crippen molar-refractivity contribution < 1.29 is 14.0 Å². The number of benzene rings is 2. The van der Waals surface area contributed by atoms with Crippen molar-refractivity contribution in [2.24, 2.45) is 5.92 Å². The van der Waals surface area contributed by atoms with E-state index in [4.69, 9.17) is 0 Å². The maximum Gasteiger partial charge on any atom is 0.243 e. The van der Waals surface area contributed by atoms with E-state index in [-0.39, 0.29) is 30.6 Å². The Morgan fingerprint density at radius 1 is 1.07 bits per heavy atom. The Morgan fingerprint density at radius 3 is 2.46 bits per heavy atom. The van der Waals surface area contributed by atoms with Gasteiger partial charge in [-0.1, -0.05) is 19.1 Å². The molecule has 0 saturated carbocycles.